The summed E-state index contributed by atoms with van der Waals surface area (Å²) >= 11 is 0. The Kier molecular flexibility index (Phi) is 51.1. The third-order valence-corrected chi connectivity index (χ3v) is 17.1. The van der Waals surface area contributed by atoms with Gasteiger partial charge < -0.3 is 65.1 Å². The van der Waals surface area contributed by atoms with E-state index in [9.17, 15) is 45.6 Å². The highest BCUT2D eigenvalue weighted by atomic mass is 16.7. The van der Waals surface area contributed by atoms with Crippen molar-refractivity contribution in [2.45, 2.75) is 370 Å². The van der Waals surface area contributed by atoms with E-state index in [4.69, 9.17) is 18.9 Å². The van der Waals surface area contributed by atoms with E-state index in [1.54, 1.807) is 0 Å². The summed E-state index contributed by atoms with van der Waals surface area (Å²) < 4.78 is 22.9. The minimum absolute atomic E-state index is 0.202. The first-order valence-corrected chi connectivity index (χ1v) is 34.9. The molecule has 12 atom stereocenters. The van der Waals surface area contributed by atoms with Gasteiger partial charge in [0.1, 0.15) is 48.8 Å². The Morgan fingerprint density at radius 1 is 0.440 bits per heavy atom. The predicted octanol–water partition coefficient (Wildman–Crippen LogP) is 13.9. The third-order valence-electron chi connectivity index (χ3n) is 17.1. The molecule has 9 N–H and O–H groups in total. The molecule has 0 aromatic carbocycles. The van der Waals surface area contributed by atoms with E-state index >= 15 is 0 Å². The Labute approximate surface area is 512 Å². The maximum atomic E-state index is 13.3. The lowest BCUT2D eigenvalue weighted by Crippen LogP contribution is -2.65. The number of carbonyl (C=O) groups excluding carboxylic acids is 1. The number of rotatable bonds is 57. The van der Waals surface area contributed by atoms with Crippen LogP contribution < -0.4 is 5.32 Å². The molecule has 2 heterocycles. The van der Waals surface area contributed by atoms with Crippen molar-refractivity contribution in [3.63, 3.8) is 0 Å². The number of unbranched alkanes of at least 4 members (excludes halogenated alkanes) is 36. The normalized spacial score (nSPS) is 23.9. The van der Waals surface area contributed by atoms with Gasteiger partial charge in [-0.05, 0) is 51.4 Å². The van der Waals surface area contributed by atoms with Gasteiger partial charge in [-0.2, -0.15) is 0 Å². The summed E-state index contributed by atoms with van der Waals surface area (Å²) in [6, 6.07) is -0.827. The molecule has 2 rings (SSSR count). The summed E-state index contributed by atoms with van der Waals surface area (Å²) in [6.07, 6.45) is 54.2. The quantitative estimate of drug-likeness (QED) is 0.0204. The van der Waals surface area contributed by atoms with Crippen LogP contribution in [0, 0.1) is 0 Å². The standard InChI is InChI=1S/C70H129NO13/c1-3-5-7-9-11-13-15-17-19-20-21-22-23-24-25-26-27-28-29-30-31-32-33-34-35-36-37-38-40-42-44-46-48-50-52-54-62(75)71-58(59(74)53-51-49-47-45-43-41-39-18-16-14-12-10-8-6-4-2)57-81-69-67(80)65(78)68(61(56-73)83-69)84-70-66(79)64(77)63(76)60(55-72)82-70/h5,7,11,13,17,19,21-22,58-61,63-70,72-74,76-80H,3-4,6,8-10,12,14-16,18,20,23-57H2,1-2H3,(H,71,75)/b7-5-,13-11-,19-17-,22-21-. The van der Waals surface area contributed by atoms with Crippen molar-refractivity contribution < 1.29 is 64.6 Å². The van der Waals surface area contributed by atoms with Gasteiger partial charge in [-0.3, -0.25) is 4.79 Å². The minimum Gasteiger partial charge on any atom is -0.394 e. The van der Waals surface area contributed by atoms with Crippen LogP contribution in [0.5, 0.6) is 0 Å². The predicted molar refractivity (Wildman–Crippen MR) is 341 cm³/mol. The minimum atomic E-state index is -1.78. The third kappa shape index (κ3) is 39.1. The van der Waals surface area contributed by atoms with Crippen molar-refractivity contribution in [1.29, 1.82) is 0 Å². The van der Waals surface area contributed by atoms with Crippen molar-refractivity contribution in [2.24, 2.45) is 0 Å². The zero-order valence-electron chi connectivity index (χ0n) is 53.4. The zero-order valence-corrected chi connectivity index (χ0v) is 53.4. The molecule has 0 aromatic rings. The van der Waals surface area contributed by atoms with E-state index in [0.29, 0.717) is 12.8 Å². The molecule has 2 aliphatic heterocycles. The van der Waals surface area contributed by atoms with Gasteiger partial charge in [-0.1, -0.05) is 287 Å². The largest absolute Gasteiger partial charge is 0.394 e. The van der Waals surface area contributed by atoms with Gasteiger partial charge in [0.05, 0.1) is 32.0 Å². The van der Waals surface area contributed by atoms with E-state index in [-0.39, 0.29) is 12.5 Å². The number of aliphatic hydroxyl groups excluding tert-OH is 8. The molecule has 14 heteroatoms. The Bertz CT molecular complexity index is 1590. The summed E-state index contributed by atoms with van der Waals surface area (Å²) in [7, 11) is 0. The van der Waals surface area contributed by atoms with E-state index in [1.165, 1.54) is 193 Å². The van der Waals surface area contributed by atoms with Crippen LogP contribution in [-0.2, 0) is 23.7 Å². The average Bonchev–Trinajstić information content (AvgIpc) is 3.23. The summed E-state index contributed by atoms with van der Waals surface area (Å²) in [5.41, 5.74) is 0. The molecular formula is C70H129NO13. The van der Waals surface area contributed by atoms with Crippen LogP contribution in [0.15, 0.2) is 48.6 Å². The molecule has 492 valence electrons. The maximum Gasteiger partial charge on any atom is 0.220 e. The van der Waals surface area contributed by atoms with Crippen LogP contribution in [0.4, 0.5) is 0 Å². The van der Waals surface area contributed by atoms with Gasteiger partial charge in [0.25, 0.3) is 0 Å². The van der Waals surface area contributed by atoms with Crippen LogP contribution in [0.3, 0.4) is 0 Å². The number of hydrogen-bond acceptors (Lipinski definition) is 13. The Morgan fingerprint density at radius 3 is 1.26 bits per heavy atom. The van der Waals surface area contributed by atoms with Crippen LogP contribution >= 0.6 is 0 Å². The SMILES string of the molecule is CC/C=C\C/C=C\C/C=C\C/C=C\CCCCCCCCCCCCCCCCCCCCCCCCC(=O)NC(COC1OC(CO)C(OC2OC(CO)C(O)C(O)C2O)C(O)C1O)C(O)CCCCCCCCCCCCCCCCC. The highest BCUT2D eigenvalue weighted by Gasteiger charge is 2.51. The van der Waals surface area contributed by atoms with Gasteiger partial charge in [0, 0.05) is 6.42 Å². The number of ether oxygens (including phenoxy) is 4. The van der Waals surface area contributed by atoms with E-state index in [2.05, 4.69) is 67.8 Å². The number of aliphatic hydroxyl groups is 8. The topological polar surface area (TPSA) is 228 Å². The number of nitrogens with one attached hydrogen (secondary N) is 1. The molecule has 0 saturated carbocycles. The molecule has 84 heavy (non-hydrogen) atoms. The number of allylic oxidation sites excluding steroid dienone is 8. The van der Waals surface area contributed by atoms with Gasteiger partial charge in [-0.15, -0.1) is 0 Å². The van der Waals surface area contributed by atoms with Crippen LogP contribution in [0.1, 0.15) is 296 Å². The van der Waals surface area contributed by atoms with Crippen molar-refractivity contribution >= 4 is 5.91 Å². The number of amides is 1. The smallest absolute Gasteiger partial charge is 0.220 e. The van der Waals surface area contributed by atoms with Gasteiger partial charge in [0.15, 0.2) is 12.6 Å². The Hall–Kier alpha value is -2.05. The monoisotopic (exact) mass is 1190 g/mol. The number of hydrogen-bond donors (Lipinski definition) is 9. The van der Waals surface area contributed by atoms with Gasteiger partial charge in [-0.25, -0.2) is 0 Å². The van der Waals surface area contributed by atoms with Gasteiger partial charge in [0.2, 0.25) is 5.91 Å². The summed E-state index contributed by atoms with van der Waals surface area (Å²) in [4.78, 5) is 13.3. The van der Waals surface area contributed by atoms with Crippen LogP contribution in [0.25, 0.3) is 0 Å². The first-order chi connectivity index (χ1) is 41.1. The maximum absolute atomic E-state index is 13.3. The lowest BCUT2D eigenvalue weighted by molar-refractivity contribution is -0.359. The molecule has 14 nitrogen and oxygen atoms in total. The molecule has 0 radical (unpaired) electrons. The van der Waals surface area contributed by atoms with Gasteiger partial charge >= 0.3 is 0 Å². The molecule has 12 unspecified atom stereocenters. The fourth-order valence-corrected chi connectivity index (χ4v) is 11.5. The second-order valence-corrected chi connectivity index (χ2v) is 24.6. The fourth-order valence-electron chi connectivity index (χ4n) is 11.5. The lowest BCUT2D eigenvalue weighted by Gasteiger charge is -2.46. The summed E-state index contributed by atoms with van der Waals surface area (Å²) in [5, 5.41) is 87.5. The first-order valence-electron chi connectivity index (χ1n) is 34.9. The average molecular weight is 1190 g/mol. The fraction of sp³-hybridized carbons (Fsp3) is 0.871. The zero-order chi connectivity index (χ0) is 60.9. The van der Waals surface area contributed by atoms with Crippen molar-refractivity contribution in [3.8, 4) is 0 Å². The van der Waals surface area contributed by atoms with E-state index in [1.807, 2.05) is 0 Å². The molecular weight excluding hydrogens is 1060 g/mol. The van der Waals surface area contributed by atoms with E-state index < -0.39 is 86.8 Å². The van der Waals surface area contributed by atoms with Crippen molar-refractivity contribution in [3.05, 3.63) is 48.6 Å². The molecule has 0 aromatic heterocycles. The molecule has 0 bridgehead atoms. The Balaban J connectivity index is 1.59. The molecule has 0 spiro atoms. The molecule has 1 amide bonds. The molecule has 2 fully saturated rings. The molecule has 2 saturated heterocycles. The first kappa shape index (κ1) is 78.0. The molecule has 2 aliphatic rings. The lowest BCUT2D eigenvalue weighted by atomic mass is 9.97. The van der Waals surface area contributed by atoms with Crippen molar-refractivity contribution in [1.82, 2.24) is 5.32 Å². The second kappa shape index (κ2) is 55.1. The highest BCUT2D eigenvalue weighted by molar-refractivity contribution is 5.76. The van der Waals surface area contributed by atoms with Crippen LogP contribution in [0.2, 0.25) is 0 Å². The number of carbonyl (C=O) groups is 1. The molecule has 0 aliphatic carbocycles. The van der Waals surface area contributed by atoms with Crippen molar-refractivity contribution in [2.75, 3.05) is 19.8 Å². The van der Waals surface area contributed by atoms with Crippen LogP contribution in [-0.4, -0.2) is 140 Å². The van der Waals surface area contributed by atoms with E-state index in [0.717, 1.165) is 77.0 Å². The highest BCUT2D eigenvalue weighted by Crippen LogP contribution is 2.30. The summed E-state index contributed by atoms with van der Waals surface area (Å²) in [6.45, 7) is 2.78. The Morgan fingerprint density at radius 2 is 0.821 bits per heavy atom. The summed E-state index contributed by atoms with van der Waals surface area (Å²) in [5.74, 6) is -0.202. The second-order valence-electron chi connectivity index (χ2n) is 24.6.